The van der Waals surface area contributed by atoms with Gasteiger partial charge in [0.1, 0.15) is 0 Å². The van der Waals surface area contributed by atoms with Crippen LogP contribution >= 0.6 is 0 Å². The molecule has 12 heavy (non-hydrogen) atoms. The summed E-state index contributed by atoms with van der Waals surface area (Å²) in [5.41, 5.74) is 0.328. The van der Waals surface area contributed by atoms with Crippen LogP contribution in [0.15, 0.2) is 0 Å². The normalized spacial score (nSPS) is 29.2. The summed E-state index contributed by atoms with van der Waals surface area (Å²) in [5.74, 6) is -0.365. The molecular weight excluding hydrogens is 152 g/mol. The zero-order valence-electron chi connectivity index (χ0n) is 8.81. The van der Waals surface area contributed by atoms with Crippen LogP contribution in [-0.4, -0.2) is 18.5 Å². The Bertz CT molecular complexity index is 156. The number of hydrogen-bond donors (Lipinski definition) is 0. The van der Waals surface area contributed by atoms with Gasteiger partial charge in [-0.3, -0.25) is 0 Å². The zero-order valence-corrected chi connectivity index (χ0v) is 8.81. The second-order valence-electron chi connectivity index (χ2n) is 5.22. The average Bonchev–Trinajstić information content (AvgIpc) is 2.05. The maximum atomic E-state index is 5.70. The molecule has 0 aromatic rings. The zero-order chi connectivity index (χ0) is 9.41. The Balaban J connectivity index is 2.39. The molecular formula is C10H20O2. The standard InChI is InChI=1S/C10H20O2/c1-9(2,3)6-8-7-11-10(4,5)12-8/h8H,6-7H2,1-5H3. The molecule has 1 rings (SSSR count). The fourth-order valence-electron chi connectivity index (χ4n) is 1.55. The maximum Gasteiger partial charge on any atom is 0.163 e. The van der Waals surface area contributed by atoms with Gasteiger partial charge < -0.3 is 9.47 Å². The van der Waals surface area contributed by atoms with E-state index < -0.39 is 0 Å². The molecule has 0 aromatic carbocycles. The van der Waals surface area contributed by atoms with Crippen molar-refractivity contribution < 1.29 is 9.47 Å². The molecule has 2 nitrogen and oxygen atoms in total. The Morgan fingerprint density at radius 3 is 2.25 bits per heavy atom. The molecule has 1 aliphatic heterocycles. The van der Waals surface area contributed by atoms with Gasteiger partial charge in [0.15, 0.2) is 5.79 Å². The predicted octanol–water partition coefficient (Wildman–Crippen LogP) is 2.57. The molecule has 0 N–H and O–H groups in total. The van der Waals surface area contributed by atoms with E-state index in [-0.39, 0.29) is 11.9 Å². The van der Waals surface area contributed by atoms with Crippen molar-refractivity contribution in [1.82, 2.24) is 0 Å². The summed E-state index contributed by atoms with van der Waals surface area (Å²) < 4.78 is 11.2. The highest BCUT2D eigenvalue weighted by atomic mass is 16.7. The van der Waals surface area contributed by atoms with Crippen molar-refractivity contribution in [1.29, 1.82) is 0 Å². The second-order valence-corrected chi connectivity index (χ2v) is 5.22. The fraction of sp³-hybridized carbons (Fsp3) is 1.00. The van der Waals surface area contributed by atoms with E-state index in [2.05, 4.69) is 20.8 Å². The molecule has 72 valence electrons. The Kier molecular flexibility index (Phi) is 2.50. The van der Waals surface area contributed by atoms with Crippen LogP contribution in [0.4, 0.5) is 0 Å². The van der Waals surface area contributed by atoms with Gasteiger partial charge in [0.05, 0.1) is 12.7 Å². The highest BCUT2D eigenvalue weighted by molar-refractivity contribution is 4.76. The Morgan fingerprint density at radius 2 is 1.92 bits per heavy atom. The summed E-state index contributed by atoms with van der Waals surface area (Å²) in [7, 11) is 0. The van der Waals surface area contributed by atoms with Crippen LogP contribution in [0.3, 0.4) is 0 Å². The molecule has 0 bridgehead atoms. The molecule has 1 saturated heterocycles. The first-order valence-electron chi connectivity index (χ1n) is 4.60. The van der Waals surface area contributed by atoms with Gasteiger partial charge in [-0.25, -0.2) is 0 Å². The molecule has 1 atom stereocenters. The van der Waals surface area contributed by atoms with Crippen LogP contribution in [0, 0.1) is 5.41 Å². The summed E-state index contributed by atoms with van der Waals surface area (Å²) in [6.07, 6.45) is 1.34. The maximum absolute atomic E-state index is 5.70. The molecule has 2 heteroatoms. The van der Waals surface area contributed by atoms with Crippen molar-refractivity contribution in [2.75, 3.05) is 6.61 Å². The van der Waals surface area contributed by atoms with E-state index in [0.717, 1.165) is 13.0 Å². The van der Waals surface area contributed by atoms with Crippen LogP contribution in [-0.2, 0) is 9.47 Å². The van der Waals surface area contributed by atoms with Gasteiger partial charge in [0.25, 0.3) is 0 Å². The smallest absolute Gasteiger partial charge is 0.163 e. The lowest BCUT2D eigenvalue weighted by Crippen LogP contribution is -2.24. The van der Waals surface area contributed by atoms with E-state index in [1.165, 1.54) is 0 Å². The molecule has 0 aromatic heterocycles. The van der Waals surface area contributed by atoms with Crippen LogP contribution in [0.5, 0.6) is 0 Å². The van der Waals surface area contributed by atoms with Crippen molar-refractivity contribution in [3.05, 3.63) is 0 Å². The molecule has 0 saturated carbocycles. The van der Waals surface area contributed by atoms with Crippen LogP contribution in [0.1, 0.15) is 41.0 Å². The minimum atomic E-state index is -0.365. The molecule has 0 spiro atoms. The quantitative estimate of drug-likeness (QED) is 0.605. The number of hydrogen-bond acceptors (Lipinski definition) is 2. The third-order valence-electron chi connectivity index (χ3n) is 1.91. The highest BCUT2D eigenvalue weighted by Gasteiger charge is 2.34. The molecule has 1 fully saturated rings. The van der Waals surface area contributed by atoms with Gasteiger partial charge in [0, 0.05) is 0 Å². The van der Waals surface area contributed by atoms with Crippen molar-refractivity contribution >= 4 is 0 Å². The van der Waals surface area contributed by atoms with Gasteiger partial charge in [-0.2, -0.15) is 0 Å². The van der Waals surface area contributed by atoms with Crippen molar-refractivity contribution in [2.24, 2.45) is 5.41 Å². The van der Waals surface area contributed by atoms with Gasteiger partial charge >= 0.3 is 0 Å². The summed E-state index contributed by atoms with van der Waals surface area (Å²) in [5, 5.41) is 0. The first kappa shape index (κ1) is 10.0. The Morgan fingerprint density at radius 1 is 1.33 bits per heavy atom. The lowest BCUT2D eigenvalue weighted by Gasteiger charge is -2.23. The minimum absolute atomic E-state index is 0.278. The number of ether oxygens (including phenoxy) is 2. The van der Waals surface area contributed by atoms with Gasteiger partial charge in [0.2, 0.25) is 0 Å². The van der Waals surface area contributed by atoms with Gasteiger partial charge in [-0.05, 0) is 25.7 Å². The van der Waals surface area contributed by atoms with E-state index in [9.17, 15) is 0 Å². The van der Waals surface area contributed by atoms with Gasteiger partial charge in [-0.1, -0.05) is 20.8 Å². The fourth-order valence-corrected chi connectivity index (χ4v) is 1.55. The first-order valence-corrected chi connectivity index (χ1v) is 4.60. The van der Waals surface area contributed by atoms with E-state index in [1.54, 1.807) is 0 Å². The summed E-state index contributed by atoms with van der Waals surface area (Å²) in [4.78, 5) is 0. The second kappa shape index (κ2) is 3.00. The largest absolute Gasteiger partial charge is 0.348 e. The summed E-state index contributed by atoms with van der Waals surface area (Å²) in [6, 6.07) is 0. The van der Waals surface area contributed by atoms with E-state index >= 15 is 0 Å². The monoisotopic (exact) mass is 172 g/mol. The lowest BCUT2D eigenvalue weighted by atomic mass is 9.89. The summed E-state index contributed by atoms with van der Waals surface area (Å²) in [6.45, 7) is 11.3. The van der Waals surface area contributed by atoms with Crippen LogP contribution in [0.2, 0.25) is 0 Å². The first-order chi connectivity index (χ1) is 5.29. The van der Waals surface area contributed by atoms with Crippen LogP contribution < -0.4 is 0 Å². The third kappa shape index (κ3) is 3.11. The number of rotatable bonds is 1. The SMILES string of the molecule is CC(C)(C)CC1COC(C)(C)O1. The molecule has 0 aliphatic carbocycles. The van der Waals surface area contributed by atoms with E-state index in [0.29, 0.717) is 5.41 Å². The lowest BCUT2D eigenvalue weighted by molar-refractivity contribution is -0.141. The highest BCUT2D eigenvalue weighted by Crippen LogP contribution is 2.30. The Hall–Kier alpha value is -0.0800. The van der Waals surface area contributed by atoms with Crippen LogP contribution in [0.25, 0.3) is 0 Å². The Labute approximate surface area is 75.2 Å². The van der Waals surface area contributed by atoms with E-state index in [4.69, 9.17) is 9.47 Å². The summed E-state index contributed by atoms with van der Waals surface area (Å²) >= 11 is 0. The van der Waals surface area contributed by atoms with E-state index in [1.807, 2.05) is 13.8 Å². The average molecular weight is 172 g/mol. The molecule has 0 radical (unpaired) electrons. The minimum Gasteiger partial charge on any atom is -0.348 e. The topological polar surface area (TPSA) is 18.5 Å². The molecule has 1 aliphatic rings. The third-order valence-corrected chi connectivity index (χ3v) is 1.91. The predicted molar refractivity (Wildman–Crippen MR) is 49.0 cm³/mol. The molecule has 0 amide bonds. The molecule has 1 heterocycles. The van der Waals surface area contributed by atoms with Crippen molar-refractivity contribution in [2.45, 2.75) is 52.9 Å². The van der Waals surface area contributed by atoms with Gasteiger partial charge in [-0.15, -0.1) is 0 Å². The molecule has 1 unspecified atom stereocenters. The van der Waals surface area contributed by atoms with Crippen molar-refractivity contribution in [3.8, 4) is 0 Å². The van der Waals surface area contributed by atoms with Crippen molar-refractivity contribution in [3.63, 3.8) is 0 Å².